The maximum Gasteiger partial charge on any atom is 0.172 e. The van der Waals surface area contributed by atoms with Crippen molar-refractivity contribution in [1.29, 1.82) is 5.26 Å². The van der Waals surface area contributed by atoms with Crippen molar-refractivity contribution in [2.75, 3.05) is 49.2 Å². The van der Waals surface area contributed by atoms with Gasteiger partial charge in [0.25, 0.3) is 0 Å². The molecule has 0 atom stereocenters. The number of nitrogens with zero attached hydrogens (tertiary/aromatic N) is 7. The second-order valence-electron chi connectivity index (χ2n) is 6.86. The highest BCUT2D eigenvalue weighted by molar-refractivity contribution is 7.26. The summed E-state index contributed by atoms with van der Waals surface area (Å²) in [4.78, 5) is 10.2. The van der Waals surface area contributed by atoms with Gasteiger partial charge >= 0.3 is 0 Å². The molecule has 9 heteroatoms. The number of fused-ring (bicyclic) bond motifs is 3. The van der Waals surface area contributed by atoms with Crippen LogP contribution in [0.1, 0.15) is 24.8 Å². The van der Waals surface area contributed by atoms with Crippen molar-refractivity contribution in [1.82, 2.24) is 20.4 Å². The van der Waals surface area contributed by atoms with Crippen molar-refractivity contribution in [3.63, 3.8) is 0 Å². The first-order valence-corrected chi connectivity index (χ1v) is 10.1. The molecule has 5 heterocycles. The molecule has 0 aromatic carbocycles. The van der Waals surface area contributed by atoms with Gasteiger partial charge in [0.2, 0.25) is 0 Å². The van der Waals surface area contributed by atoms with Crippen molar-refractivity contribution in [2.24, 2.45) is 0 Å². The summed E-state index contributed by atoms with van der Waals surface area (Å²) < 4.78 is 6.43. The van der Waals surface area contributed by atoms with Crippen LogP contribution in [-0.4, -0.2) is 59.8 Å². The monoisotopic (exact) mass is 381 g/mol. The van der Waals surface area contributed by atoms with Gasteiger partial charge in [-0.25, -0.2) is 4.98 Å². The van der Waals surface area contributed by atoms with Crippen LogP contribution in [0.5, 0.6) is 0 Å². The molecule has 27 heavy (non-hydrogen) atoms. The van der Waals surface area contributed by atoms with E-state index in [4.69, 9.17) is 9.72 Å². The van der Waals surface area contributed by atoms with Crippen molar-refractivity contribution in [3.8, 4) is 6.07 Å². The van der Waals surface area contributed by atoms with Crippen molar-refractivity contribution >= 4 is 43.4 Å². The molecule has 0 spiro atoms. The zero-order chi connectivity index (χ0) is 18.2. The lowest BCUT2D eigenvalue weighted by Gasteiger charge is -2.28. The van der Waals surface area contributed by atoms with E-state index in [1.54, 1.807) is 11.3 Å². The highest BCUT2D eigenvalue weighted by Gasteiger charge is 2.23. The number of hydrogen-bond donors (Lipinski definition) is 0. The summed E-state index contributed by atoms with van der Waals surface area (Å²) in [6.07, 6.45) is 3.54. The SMILES string of the molecule is N#Cc1cc2c(nc1N1CCCCC1)sc1c(N3CCOCC3)nnnc12. The molecule has 0 radical (unpaired) electrons. The third-order valence-electron chi connectivity index (χ3n) is 5.21. The van der Waals surface area contributed by atoms with Gasteiger partial charge < -0.3 is 14.5 Å². The number of ether oxygens (including phenoxy) is 1. The number of nitriles is 1. The number of thiophene rings is 1. The molecule has 138 valence electrons. The van der Waals surface area contributed by atoms with E-state index in [1.165, 1.54) is 6.42 Å². The normalized spacial score (nSPS) is 18.2. The first-order chi connectivity index (χ1) is 13.3. The molecule has 0 amide bonds. The van der Waals surface area contributed by atoms with E-state index in [-0.39, 0.29) is 0 Å². The second-order valence-corrected chi connectivity index (χ2v) is 7.86. The molecule has 5 rings (SSSR count). The molecule has 0 unspecified atom stereocenters. The van der Waals surface area contributed by atoms with Crippen LogP contribution >= 0.6 is 11.3 Å². The van der Waals surface area contributed by atoms with Crippen LogP contribution in [0.2, 0.25) is 0 Å². The summed E-state index contributed by atoms with van der Waals surface area (Å²) >= 11 is 1.58. The summed E-state index contributed by atoms with van der Waals surface area (Å²) in [5.74, 6) is 1.63. The number of aromatic nitrogens is 4. The fourth-order valence-electron chi connectivity index (χ4n) is 3.82. The molecule has 2 aliphatic heterocycles. The number of anilines is 2. The Kier molecular flexibility index (Phi) is 4.22. The average Bonchev–Trinajstić information content (AvgIpc) is 3.11. The van der Waals surface area contributed by atoms with E-state index in [0.717, 1.165) is 71.1 Å². The summed E-state index contributed by atoms with van der Waals surface area (Å²) in [5.41, 5.74) is 1.39. The number of pyridine rings is 1. The molecule has 0 bridgehead atoms. The van der Waals surface area contributed by atoms with Crippen LogP contribution < -0.4 is 9.80 Å². The zero-order valence-corrected chi connectivity index (χ0v) is 15.7. The lowest BCUT2D eigenvalue weighted by molar-refractivity contribution is 0.122. The summed E-state index contributed by atoms with van der Waals surface area (Å²) in [6, 6.07) is 4.25. The number of piperidine rings is 1. The van der Waals surface area contributed by atoms with Crippen LogP contribution in [0, 0.1) is 11.3 Å². The molecule has 0 saturated carbocycles. The van der Waals surface area contributed by atoms with Crippen LogP contribution in [-0.2, 0) is 4.74 Å². The standard InChI is InChI=1S/C18H19N7OS/c19-11-12-10-13-14-15(17(22-23-21-14)25-6-8-26-9-7-25)27-18(13)20-16(12)24-4-2-1-3-5-24/h10H,1-9H2. The van der Waals surface area contributed by atoms with Crippen LogP contribution in [0.25, 0.3) is 20.4 Å². The highest BCUT2D eigenvalue weighted by atomic mass is 32.1. The van der Waals surface area contributed by atoms with Gasteiger partial charge in [-0.2, -0.15) is 5.26 Å². The smallest absolute Gasteiger partial charge is 0.172 e. The Morgan fingerprint density at radius 2 is 1.78 bits per heavy atom. The van der Waals surface area contributed by atoms with E-state index in [0.29, 0.717) is 18.8 Å². The minimum atomic E-state index is 0.607. The van der Waals surface area contributed by atoms with Crippen LogP contribution in [0.15, 0.2) is 6.07 Å². The number of rotatable bonds is 2. The lowest BCUT2D eigenvalue weighted by Crippen LogP contribution is -2.37. The first kappa shape index (κ1) is 16.6. The van der Waals surface area contributed by atoms with Gasteiger partial charge in [0.15, 0.2) is 5.82 Å². The summed E-state index contributed by atoms with van der Waals surface area (Å²) in [5, 5.41) is 23.1. The van der Waals surface area contributed by atoms with Crippen molar-refractivity contribution in [3.05, 3.63) is 11.6 Å². The second kappa shape index (κ2) is 6.87. The van der Waals surface area contributed by atoms with Gasteiger partial charge in [0.05, 0.1) is 18.8 Å². The largest absolute Gasteiger partial charge is 0.378 e. The van der Waals surface area contributed by atoms with Crippen molar-refractivity contribution in [2.45, 2.75) is 19.3 Å². The molecule has 0 N–H and O–H groups in total. The maximum atomic E-state index is 9.69. The Morgan fingerprint density at radius 3 is 2.56 bits per heavy atom. The minimum Gasteiger partial charge on any atom is -0.378 e. The minimum absolute atomic E-state index is 0.607. The molecule has 3 aromatic heterocycles. The highest BCUT2D eigenvalue weighted by Crippen LogP contribution is 2.38. The first-order valence-electron chi connectivity index (χ1n) is 9.29. The van der Waals surface area contributed by atoms with Crippen LogP contribution in [0.4, 0.5) is 11.6 Å². The van der Waals surface area contributed by atoms with E-state index >= 15 is 0 Å². The molecular formula is C18H19N7OS. The molecular weight excluding hydrogens is 362 g/mol. The Balaban J connectivity index is 1.67. The predicted octanol–water partition coefficient (Wildman–Crippen LogP) is 2.33. The third kappa shape index (κ3) is 2.85. The molecule has 2 aliphatic rings. The summed E-state index contributed by atoms with van der Waals surface area (Å²) in [6.45, 7) is 4.87. The van der Waals surface area contributed by atoms with E-state index in [2.05, 4.69) is 31.3 Å². The van der Waals surface area contributed by atoms with Crippen molar-refractivity contribution < 1.29 is 4.74 Å². The van der Waals surface area contributed by atoms with Gasteiger partial charge in [-0.1, -0.05) is 0 Å². The molecule has 2 fully saturated rings. The fourth-order valence-corrected chi connectivity index (χ4v) is 4.92. The Morgan fingerprint density at radius 1 is 1.00 bits per heavy atom. The van der Waals surface area contributed by atoms with Gasteiger partial charge in [-0.05, 0) is 30.5 Å². The van der Waals surface area contributed by atoms with E-state index < -0.39 is 0 Å². The maximum absolute atomic E-state index is 9.69. The Bertz CT molecular complexity index is 1030. The topological polar surface area (TPSA) is 91.1 Å². The Hall–Kier alpha value is -2.57. The summed E-state index contributed by atoms with van der Waals surface area (Å²) in [7, 11) is 0. The lowest BCUT2D eigenvalue weighted by atomic mass is 10.1. The van der Waals surface area contributed by atoms with Crippen LogP contribution in [0.3, 0.4) is 0 Å². The predicted molar refractivity (Wildman–Crippen MR) is 104 cm³/mol. The van der Waals surface area contributed by atoms with Gasteiger partial charge in [0, 0.05) is 31.6 Å². The Labute approximate surface area is 160 Å². The van der Waals surface area contributed by atoms with E-state index in [1.807, 2.05) is 6.07 Å². The zero-order valence-electron chi connectivity index (χ0n) is 14.9. The molecule has 0 aliphatic carbocycles. The third-order valence-corrected chi connectivity index (χ3v) is 6.29. The average molecular weight is 381 g/mol. The van der Waals surface area contributed by atoms with Gasteiger partial charge in [0.1, 0.15) is 26.9 Å². The number of hydrogen-bond acceptors (Lipinski definition) is 9. The van der Waals surface area contributed by atoms with Gasteiger partial charge in [-0.3, -0.25) is 0 Å². The molecule has 3 aromatic rings. The van der Waals surface area contributed by atoms with E-state index in [9.17, 15) is 5.26 Å². The number of morpholine rings is 1. The molecule has 8 nitrogen and oxygen atoms in total. The molecule has 2 saturated heterocycles. The van der Waals surface area contributed by atoms with Gasteiger partial charge in [-0.15, -0.1) is 21.5 Å². The quantitative estimate of drug-likeness (QED) is 0.668. The fraction of sp³-hybridized carbons (Fsp3) is 0.500.